The van der Waals surface area contributed by atoms with Gasteiger partial charge in [-0.25, -0.2) is 0 Å². The molecule has 0 aromatic rings. The molecule has 0 aliphatic carbocycles. The number of carbonyl (C=O) groups is 1. The van der Waals surface area contributed by atoms with Crippen molar-refractivity contribution >= 4 is 5.97 Å². The van der Waals surface area contributed by atoms with Gasteiger partial charge in [0.25, 0.3) is 0 Å². The van der Waals surface area contributed by atoms with E-state index in [1.165, 1.54) is 19.3 Å². The monoisotopic (exact) mass is 214 g/mol. The smallest absolute Gasteiger partial charge is 0.309 e. The minimum atomic E-state index is -0.685. The molecule has 0 spiro atoms. The molecule has 1 fully saturated rings. The van der Waals surface area contributed by atoms with Gasteiger partial charge in [-0.15, -0.1) is 0 Å². The highest BCUT2D eigenvalue weighted by Gasteiger charge is 2.30. The molecule has 0 amide bonds. The van der Waals surface area contributed by atoms with E-state index in [9.17, 15) is 4.79 Å². The molecule has 0 aromatic heterocycles. The fourth-order valence-corrected chi connectivity index (χ4v) is 2.18. The summed E-state index contributed by atoms with van der Waals surface area (Å²) in [5.74, 6) is -0.949. The SMILES string of the molecule is CCCCCCC1OCCCC1C(=O)O. The molecule has 0 bridgehead atoms. The molecule has 3 nitrogen and oxygen atoms in total. The Kier molecular flexibility index (Phi) is 5.69. The summed E-state index contributed by atoms with van der Waals surface area (Å²) in [5, 5.41) is 9.03. The van der Waals surface area contributed by atoms with Crippen molar-refractivity contribution in [2.45, 2.75) is 58.0 Å². The molecule has 0 radical (unpaired) electrons. The van der Waals surface area contributed by atoms with E-state index in [2.05, 4.69) is 6.92 Å². The maximum Gasteiger partial charge on any atom is 0.309 e. The Labute approximate surface area is 91.8 Å². The van der Waals surface area contributed by atoms with Gasteiger partial charge in [-0.05, 0) is 19.3 Å². The summed E-state index contributed by atoms with van der Waals surface area (Å²) in [7, 11) is 0. The average Bonchev–Trinajstić information content (AvgIpc) is 2.25. The van der Waals surface area contributed by atoms with Crippen molar-refractivity contribution in [3.05, 3.63) is 0 Å². The van der Waals surface area contributed by atoms with E-state index in [0.29, 0.717) is 0 Å². The Hall–Kier alpha value is -0.570. The van der Waals surface area contributed by atoms with E-state index in [0.717, 1.165) is 32.3 Å². The second-order valence-electron chi connectivity index (χ2n) is 4.35. The van der Waals surface area contributed by atoms with Gasteiger partial charge in [0.1, 0.15) is 0 Å². The van der Waals surface area contributed by atoms with Crippen molar-refractivity contribution in [3.8, 4) is 0 Å². The molecule has 0 saturated carbocycles. The van der Waals surface area contributed by atoms with Crippen LogP contribution in [0.4, 0.5) is 0 Å². The number of hydrogen-bond donors (Lipinski definition) is 1. The summed E-state index contributed by atoms with van der Waals surface area (Å²) >= 11 is 0. The molecule has 1 aliphatic rings. The number of rotatable bonds is 6. The fourth-order valence-electron chi connectivity index (χ4n) is 2.18. The Bertz CT molecular complexity index is 191. The molecule has 1 heterocycles. The molecule has 2 atom stereocenters. The minimum absolute atomic E-state index is 0.0342. The first-order valence-electron chi connectivity index (χ1n) is 6.10. The van der Waals surface area contributed by atoms with Gasteiger partial charge in [0.15, 0.2) is 0 Å². The van der Waals surface area contributed by atoms with E-state index in [-0.39, 0.29) is 12.0 Å². The van der Waals surface area contributed by atoms with Crippen LogP contribution in [0.3, 0.4) is 0 Å². The first kappa shape index (κ1) is 12.5. The van der Waals surface area contributed by atoms with Crippen LogP contribution in [0.1, 0.15) is 51.9 Å². The summed E-state index contributed by atoms with van der Waals surface area (Å²) in [4.78, 5) is 11.0. The van der Waals surface area contributed by atoms with Gasteiger partial charge < -0.3 is 9.84 Å². The molecule has 88 valence electrons. The highest BCUT2D eigenvalue weighted by Crippen LogP contribution is 2.25. The largest absolute Gasteiger partial charge is 0.481 e. The molecular weight excluding hydrogens is 192 g/mol. The van der Waals surface area contributed by atoms with Crippen LogP contribution in [0.2, 0.25) is 0 Å². The van der Waals surface area contributed by atoms with Crippen LogP contribution >= 0.6 is 0 Å². The predicted molar refractivity (Wildman–Crippen MR) is 58.9 cm³/mol. The Morgan fingerprint density at radius 1 is 1.40 bits per heavy atom. The molecule has 2 unspecified atom stereocenters. The van der Waals surface area contributed by atoms with E-state index in [1.54, 1.807) is 0 Å². The quantitative estimate of drug-likeness (QED) is 0.691. The van der Waals surface area contributed by atoms with Crippen LogP contribution in [0, 0.1) is 5.92 Å². The minimum Gasteiger partial charge on any atom is -0.481 e. The summed E-state index contributed by atoms with van der Waals surface area (Å²) in [5.41, 5.74) is 0. The lowest BCUT2D eigenvalue weighted by atomic mass is 9.91. The van der Waals surface area contributed by atoms with Gasteiger partial charge in [0.05, 0.1) is 12.0 Å². The van der Waals surface area contributed by atoms with Gasteiger partial charge in [0, 0.05) is 6.61 Å². The molecular formula is C12H22O3. The summed E-state index contributed by atoms with van der Waals surface area (Å²) in [6.07, 6.45) is 7.31. The molecule has 15 heavy (non-hydrogen) atoms. The Morgan fingerprint density at radius 3 is 2.87 bits per heavy atom. The number of aliphatic carboxylic acids is 1. The maximum atomic E-state index is 11.0. The van der Waals surface area contributed by atoms with Crippen molar-refractivity contribution in [2.75, 3.05) is 6.61 Å². The number of carboxylic acid groups (broad SMARTS) is 1. The van der Waals surface area contributed by atoms with Gasteiger partial charge in [0.2, 0.25) is 0 Å². The molecule has 1 saturated heterocycles. The van der Waals surface area contributed by atoms with Crippen molar-refractivity contribution in [2.24, 2.45) is 5.92 Å². The van der Waals surface area contributed by atoms with Crippen molar-refractivity contribution in [1.82, 2.24) is 0 Å². The topological polar surface area (TPSA) is 46.5 Å². The van der Waals surface area contributed by atoms with Crippen LogP contribution < -0.4 is 0 Å². The second kappa shape index (κ2) is 6.83. The van der Waals surface area contributed by atoms with E-state index >= 15 is 0 Å². The van der Waals surface area contributed by atoms with E-state index < -0.39 is 5.97 Å². The van der Waals surface area contributed by atoms with Gasteiger partial charge in [-0.3, -0.25) is 4.79 Å². The summed E-state index contributed by atoms with van der Waals surface area (Å²) in [6.45, 7) is 2.92. The Balaban J connectivity index is 2.26. The van der Waals surface area contributed by atoms with Crippen LogP contribution in [0.15, 0.2) is 0 Å². The number of hydrogen-bond acceptors (Lipinski definition) is 2. The molecule has 0 aromatic carbocycles. The number of ether oxygens (including phenoxy) is 1. The lowest BCUT2D eigenvalue weighted by Crippen LogP contribution is -2.34. The maximum absolute atomic E-state index is 11.0. The molecule has 3 heteroatoms. The Morgan fingerprint density at radius 2 is 2.20 bits per heavy atom. The normalized spacial score (nSPS) is 26.5. The van der Waals surface area contributed by atoms with Crippen molar-refractivity contribution in [1.29, 1.82) is 0 Å². The lowest BCUT2D eigenvalue weighted by Gasteiger charge is -2.28. The van der Waals surface area contributed by atoms with Crippen LogP contribution in [-0.2, 0) is 9.53 Å². The first-order chi connectivity index (χ1) is 7.25. The zero-order valence-electron chi connectivity index (χ0n) is 9.58. The molecule has 1 rings (SSSR count). The summed E-state index contributed by atoms with van der Waals surface area (Å²) < 4.78 is 5.55. The first-order valence-corrected chi connectivity index (χ1v) is 6.10. The zero-order valence-corrected chi connectivity index (χ0v) is 9.58. The van der Waals surface area contributed by atoms with Gasteiger partial charge in [-0.1, -0.05) is 32.6 Å². The highest BCUT2D eigenvalue weighted by atomic mass is 16.5. The van der Waals surface area contributed by atoms with Crippen molar-refractivity contribution in [3.63, 3.8) is 0 Å². The third kappa shape index (κ3) is 4.20. The average molecular weight is 214 g/mol. The van der Waals surface area contributed by atoms with E-state index in [1.807, 2.05) is 0 Å². The standard InChI is InChI=1S/C12H22O3/c1-2-3-4-5-8-11-10(12(13)14)7-6-9-15-11/h10-11H,2-9H2,1H3,(H,13,14). The molecule has 1 N–H and O–H groups in total. The van der Waals surface area contributed by atoms with Crippen LogP contribution in [0.5, 0.6) is 0 Å². The second-order valence-corrected chi connectivity index (χ2v) is 4.35. The zero-order chi connectivity index (χ0) is 11.1. The fraction of sp³-hybridized carbons (Fsp3) is 0.917. The van der Waals surface area contributed by atoms with Crippen LogP contribution in [-0.4, -0.2) is 23.8 Å². The highest BCUT2D eigenvalue weighted by molar-refractivity contribution is 5.70. The predicted octanol–water partition coefficient (Wildman–Crippen LogP) is 2.84. The molecule has 1 aliphatic heterocycles. The number of carboxylic acids is 1. The van der Waals surface area contributed by atoms with Gasteiger partial charge >= 0.3 is 5.97 Å². The lowest BCUT2D eigenvalue weighted by molar-refractivity contribution is -0.151. The summed E-state index contributed by atoms with van der Waals surface area (Å²) in [6, 6.07) is 0. The van der Waals surface area contributed by atoms with E-state index in [4.69, 9.17) is 9.84 Å². The third-order valence-electron chi connectivity index (χ3n) is 3.10. The number of unbranched alkanes of at least 4 members (excludes halogenated alkanes) is 3. The van der Waals surface area contributed by atoms with Crippen molar-refractivity contribution < 1.29 is 14.6 Å². The van der Waals surface area contributed by atoms with Gasteiger partial charge in [-0.2, -0.15) is 0 Å². The third-order valence-corrected chi connectivity index (χ3v) is 3.10. The van der Waals surface area contributed by atoms with Crippen LogP contribution in [0.25, 0.3) is 0 Å².